The highest BCUT2D eigenvalue weighted by atomic mass is 16.5. The van der Waals surface area contributed by atoms with Gasteiger partial charge in [0, 0.05) is 26.1 Å². The third-order valence-electron chi connectivity index (χ3n) is 3.42. The molecule has 0 radical (unpaired) electrons. The molecule has 0 amide bonds. The molecule has 0 aromatic carbocycles. The first-order chi connectivity index (χ1) is 8.67. The van der Waals surface area contributed by atoms with E-state index < -0.39 is 6.10 Å². The second-order valence-electron chi connectivity index (χ2n) is 4.91. The van der Waals surface area contributed by atoms with Gasteiger partial charge < -0.3 is 14.9 Å². The van der Waals surface area contributed by atoms with Gasteiger partial charge in [-0.3, -0.25) is 0 Å². The first kappa shape index (κ1) is 17.4. The van der Waals surface area contributed by atoms with E-state index in [1.165, 1.54) is 0 Å². The summed E-state index contributed by atoms with van der Waals surface area (Å²) < 4.78 is 5.08. The maximum Gasteiger partial charge on any atom is 0.0621 e. The number of nitriles is 1. The number of methoxy groups -OCH3 is 1. The Bertz CT molecular complexity index is 226. The Kier molecular flexibility index (Phi) is 11.1. The van der Waals surface area contributed by atoms with Crippen molar-refractivity contribution in [2.24, 2.45) is 11.8 Å². The van der Waals surface area contributed by atoms with Gasteiger partial charge in [0.15, 0.2) is 0 Å². The summed E-state index contributed by atoms with van der Waals surface area (Å²) in [7, 11) is 1.61. The van der Waals surface area contributed by atoms with Crippen molar-refractivity contribution < 1.29 is 14.9 Å². The van der Waals surface area contributed by atoms with Crippen molar-refractivity contribution in [3.63, 3.8) is 0 Å². The number of unbranched alkanes of at least 4 members (excludes halogenated alkanes) is 4. The smallest absolute Gasteiger partial charge is 0.0621 e. The average molecular weight is 257 g/mol. The third kappa shape index (κ3) is 7.65. The molecule has 0 heterocycles. The molecule has 0 aromatic rings. The number of aliphatic hydroxyl groups excluding tert-OH is 2. The normalized spacial score (nSPS) is 15.9. The van der Waals surface area contributed by atoms with Gasteiger partial charge in [-0.15, -0.1) is 0 Å². The summed E-state index contributed by atoms with van der Waals surface area (Å²) in [6.45, 7) is 2.32. The predicted octanol–water partition coefficient (Wildman–Crippen LogP) is 2.10. The molecule has 4 heteroatoms. The molecule has 0 bridgehead atoms. The quantitative estimate of drug-likeness (QED) is 0.556. The number of rotatable bonds is 11. The topological polar surface area (TPSA) is 73.5 Å². The van der Waals surface area contributed by atoms with E-state index in [1.54, 1.807) is 14.0 Å². The van der Waals surface area contributed by atoms with Crippen LogP contribution in [-0.4, -0.2) is 36.6 Å². The van der Waals surface area contributed by atoms with E-state index in [9.17, 15) is 10.2 Å². The predicted molar refractivity (Wildman–Crippen MR) is 70.9 cm³/mol. The first-order valence-corrected chi connectivity index (χ1v) is 6.82. The van der Waals surface area contributed by atoms with Crippen LogP contribution in [0.1, 0.15) is 45.4 Å². The lowest BCUT2D eigenvalue weighted by molar-refractivity contribution is 0.0133. The van der Waals surface area contributed by atoms with Crippen LogP contribution in [0.4, 0.5) is 0 Å². The van der Waals surface area contributed by atoms with Crippen molar-refractivity contribution in [3.8, 4) is 6.07 Å². The van der Waals surface area contributed by atoms with Crippen LogP contribution >= 0.6 is 0 Å². The molecule has 0 fully saturated rings. The standard InChI is InChI=1S/C14H27NO3/c1-12(17)14(13(10-16)11-18-2)8-6-4-3-5-7-9-15/h12-14,16-17H,3-8,10-11H2,1-2H3. The summed E-state index contributed by atoms with van der Waals surface area (Å²) in [6, 6.07) is 2.14. The average Bonchev–Trinajstić information content (AvgIpc) is 2.35. The third-order valence-corrected chi connectivity index (χ3v) is 3.42. The Labute approximate surface area is 111 Å². The van der Waals surface area contributed by atoms with Crippen LogP contribution in [0.15, 0.2) is 0 Å². The van der Waals surface area contributed by atoms with Crippen molar-refractivity contribution in [2.45, 2.75) is 51.6 Å². The molecule has 0 aliphatic heterocycles. The lowest BCUT2D eigenvalue weighted by atomic mass is 9.84. The fourth-order valence-corrected chi connectivity index (χ4v) is 2.33. The van der Waals surface area contributed by atoms with Gasteiger partial charge in [0.25, 0.3) is 0 Å². The van der Waals surface area contributed by atoms with Gasteiger partial charge in [0.1, 0.15) is 0 Å². The van der Waals surface area contributed by atoms with Gasteiger partial charge in [-0.1, -0.05) is 19.3 Å². The van der Waals surface area contributed by atoms with Gasteiger partial charge in [-0.25, -0.2) is 0 Å². The molecule has 3 atom stereocenters. The van der Waals surface area contributed by atoms with Crippen molar-refractivity contribution in [1.29, 1.82) is 5.26 Å². The van der Waals surface area contributed by atoms with Gasteiger partial charge in [0.2, 0.25) is 0 Å². The van der Waals surface area contributed by atoms with Gasteiger partial charge >= 0.3 is 0 Å². The highest BCUT2D eigenvalue weighted by molar-refractivity contribution is 4.74. The Morgan fingerprint density at radius 3 is 2.39 bits per heavy atom. The van der Waals surface area contributed by atoms with Crippen molar-refractivity contribution in [3.05, 3.63) is 0 Å². The molecule has 0 saturated carbocycles. The first-order valence-electron chi connectivity index (χ1n) is 6.82. The van der Waals surface area contributed by atoms with E-state index in [0.29, 0.717) is 13.0 Å². The lowest BCUT2D eigenvalue weighted by Crippen LogP contribution is -2.31. The van der Waals surface area contributed by atoms with Crippen LogP contribution < -0.4 is 0 Å². The summed E-state index contributed by atoms with van der Waals surface area (Å²) >= 11 is 0. The monoisotopic (exact) mass is 257 g/mol. The van der Waals surface area contributed by atoms with Gasteiger partial charge in [-0.05, 0) is 25.7 Å². The molecule has 0 aliphatic rings. The number of hydrogen-bond donors (Lipinski definition) is 2. The Morgan fingerprint density at radius 1 is 1.22 bits per heavy atom. The van der Waals surface area contributed by atoms with Crippen LogP contribution in [0, 0.1) is 23.2 Å². The number of ether oxygens (including phenoxy) is 1. The molecule has 0 aliphatic carbocycles. The van der Waals surface area contributed by atoms with Crippen LogP contribution in [0.2, 0.25) is 0 Å². The maximum atomic E-state index is 9.77. The fraction of sp³-hybridized carbons (Fsp3) is 0.929. The molecule has 0 aromatic heterocycles. The van der Waals surface area contributed by atoms with Gasteiger partial charge in [0.05, 0.1) is 18.8 Å². The largest absolute Gasteiger partial charge is 0.396 e. The zero-order valence-electron chi connectivity index (χ0n) is 11.6. The van der Waals surface area contributed by atoms with Crippen LogP contribution in [0.25, 0.3) is 0 Å². The second-order valence-corrected chi connectivity index (χ2v) is 4.91. The molecular formula is C14H27NO3. The SMILES string of the molecule is COCC(CO)C(CCCCCCC#N)C(C)O. The highest BCUT2D eigenvalue weighted by Gasteiger charge is 2.24. The second kappa shape index (κ2) is 11.5. The summed E-state index contributed by atoms with van der Waals surface area (Å²) in [5, 5.41) is 27.5. The van der Waals surface area contributed by atoms with E-state index in [4.69, 9.17) is 10.00 Å². The van der Waals surface area contributed by atoms with Crippen molar-refractivity contribution in [2.75, 3.05) is 20.3 Å². The Morgan fingerprint density at radius 2 is 1.89 bits per heavy atom. The summed E-state index contributed by atoms with van der Waals surface area (Å²) in [5.74, 6) is 0.0972. The van der Waals surface area contributed by atoms with Crippen LogP contribution in [-0.2, 0) is 4.74 Å². The van der Waals surface area contributed by atoms with E-state index in [1.807, 2.05) is 0 Å². The summed E-state index contributed by atoms with van der Waals surface area (Å²) in [6.07, 6.45) is 5.24. The van der Waals surface area contributed by atoms with E-state index in [-0.39, 0.29) is 18.4 Å². The molecule has 0 rings (SSSR count). The number of nitrogens with zero attached hydrogens (tertiary/aromatic N) is 1. The van der Waals surface area contributed by atoms with E-state index in [2.05, 4.69) is 6.07 Å². The van der Waals surface area contributed by atoms with E-state index in [0.717, 1.165) is 32.1 Å². The number of hydrogen-bond acceptors (Lipinski definition) is 4. The van der Waals surface area contributed by atoms with Gasteiger partial charge in [-0.2, -0.15) is 5.26 Å². The van der Waals surface area contributed by atoms with Crippen LogP contribution in [0.5, 0.6) is 0 Å². The molecule has 18 heavy (non-hydrogen) atoms. The molecule has 4 nitrogen and oxygen atoms in total. The molecule has 106 valence electrons. The molecule has 0 saturated heterocycles. The fourth-order valence-electron chi connectivity index (χ4n) is 2.33. The minimum atomic E-state index is -0.420. The zero-order chi connectivity index (χ0) is 13.8. The number of aliphatic hydroxyl groups is 2. The minimum Gasteiger partial charge on any atom is -0.396 e. The van der Waals surface area contributed by atoms with E-state index >= 15 is 0 Å². The Balaban J connectivity index is 3.93. The zero-order valence-corrected chi connectivity index (χ0v) is 11.6. The summed E-state index contributed by atoms with van der Waals surface area (Å²) in [4.78, 5) is 0. The Hall–Kier alpha value is -0.630. The lowest BCUT2D eigenvalue weighted by Gasteiger charge is -2.27. The maximum absolute atomic E-state index is 9.77. The molecule has 3 unspecified atom stereocenters. The molecular weight excluding hydrogens is 230 g/mol. The minimum absolute atomic E-state index is 0.00843. The molecule has 0 spiro atoms. The highest BCUT2D eigenvalue weighted by Crippen LogP contribution is 2.23. The van der Waals surface area contributed by atoms with Crippen LogP contribution in [0.3, 0.4) is 0 Å². The van der Waals surface area contributed by atoms with Crippen molar-refractivity contribution in [1.82, 2.24) is 0 Å². The summed E-state index contributed by atoms with van der Waals surface area (Å²) in [5.41, 5.74) is 0. The van der Waals surface area contributed by atoms with Crippen molar-refractivity contribution >= 4 is 0 Å². The molecule has 2 N–H and O–H groups in total.